The summed E-state index contributed by atoms with van der Waals surface area (Å²) in [4.78, 5) is 14.8. The summed E-state index contributed by atoms with van der Waals surface area (Å²) in [6.07, 6.45) is -5.35. The summed E-state index contributed by atoms with van der Waals surface area (Å²) in [6, 6.07) is 19.0. The second-order valence-electron chi connectivity index (χ2n) is 11.0. The molecule has 0 bridgehead atoms. The molecule has 8 nitrogen and oxygen atoms in total. The molecule has 0 aliphatic carbocycles. The molecule has 1 amide bonds. The summed E-state index contributed by atoms with van der Waals surface area (Å²) in [6.45, 7) is 8.72. The second-order valence-corrected chi connectivity index (χ2v) is 11.6. The second kappa shape index (κ2) is 11.0. The number of carbonyl (C=O) groups excluding carboxylic acids is 1. The summed E-state index contributed by atoms with van der Waals surface area (Å²) in [7, 11) is 0. The van der Waals surface area contributed by atoms with E-state index < -0.39 is 34.5 Å². The van der Waals surface area contributed by atoms with Crippen LogP contribution in [0.4, 0.5) is 35.0 Å². The van der Waals surface area contributed by atoms with Crippen molar-refractivity contribution in [2.24, 2.45) is 0 Å². The van der Waals surface area contributed by atoms with Crippen LogP contribution in [0.3, 0.4) is 0 Å². The highest BCUT2D eigenvalue weighted by Crippen LogP contribution is 2.40. The van der Waals surface area contributed by atoms with Gasteiger partial charge in [-0.15, -0.1) is 0 Å². The summed E-state index contributed by atoms with van der Waals surface area (Å²) >= 11 is 0.0645. The van der Waals surface area contributed by atoms with E-state index in [4.69, 9.17) is 15.4 Å². The Bertz CT molecular complexity index is 1630. The van der Waals surface area contributed by atoms with Crippen LogP contribution in [-0.2, 0) is 22.2 Å². The van der Waals surface area contributed by atoms with Gasteiger partial charge in [-0.25, -0.2) is 9.00 Å². The lowest BCUT2D eigenvalue weighted by molar-refractivity contribution is -0.137. The van der Waals surface area contributed by atoms with Crippen LogP contribution in [0.5, 0.6) is 0 Å². The lowest BCUT2D eigenvalue weighted by Gasteiger charge is -2.30. The van der Waals surface area contributed by atoms with Crippen LogP contribution in [0.15, 0.2) is 66.7 Å². The number of alkyl halides is 3. The molecule has 1 aliphatic rings. The van der Waals surface area contributed by atoms with Crippen molar-refractivity contribution in [2.75, 3.05) is 15.1 Å². The maximum Gasteiger partial charge on any atom is 0.417 e. The molecule has 12 heteroatoms. The first kappa shape index (κ1) is 30.3. The molecule has 4 rings (SSSR count). The standard InChI is InChI=1S/C30H28F3N5O3S/c1-28(2,3)41-26(39)36-21-11-6-18(7-12-21)19-8-13-22(14-9-19)38-27(42-40)37(25(35)29(38,4)5)23-15-10-20(17-34)24(16-23)30(31,32)33/h6-16,35H,1-5H3,(H,36,39). The first-order valence-corrected chi connectivity index (χ1v) is 13.5. The van der Waals surface area contributed by atoms with Crippen LogP contribution >= 0.6 is 0 Å². The highest BCUT2D eigenvalue weighted by Gasteiger charge is 2.48. The minimum absolute atomic E-state index is 0.00755. The Morgan fingerprint density at radius 1 is 0.976 bits per heavy atom. The van der Waals surface area contributed by atoms with Crippen LogP contribution in [0.25, 0.3) is 11.1 Å². The van der Waals surface area contributed by atoms with Gasteiger partial charge in [0.15, 0.2) is 0 Å². The van der Waals surface area contributed by atoms with Gasteiger partial charge in [0.25, 0.3) is 0 Å². The number of rotatable bonds is 4. The molecule has 1 fully saturated rings. The van der Waals surface area contributed by atoms with Gasteiger partial charge in [0.2, 0.25) is 5.11 Å². The van der Waals surface area contributed by atoms with E-state index >= 15 is 0 Å². The predicted molar refractivity (Wildman–Crippen MR) is 158 cm³/mol. The van der Waals surface area contributed by atoms with Crippen molar-refractivity contribution >= 4 is 45.4 Å². The zero-order valence-corrected chi connectivity index (χ0v) is 24.3. The Morgan fingerprint density at radius 2 is 1.52 bits per heavy atom. The number of ether oxygens (including phenoxy) is 1. The number of amidine groups is 1. The van der Waals surface area contributed by atoms with Gasteiger partial charge in [-0.05, 0) is 88.2 Å². The van der Waals surface area contributed by atoms with E-state index in [-0.39, 0.29) is 27.9 Å². The number of nitrogens with zero attached hydrogens (tertiary/aromatic N) is 3. The molecule has 1 heterocycles. The minimum Gasteiger partial charge on any atom is -0.444 e. The van der Waals surface area contributed by atoms with Gasteiger partial charge in [0.1, 0.15) is 22.7 Å². The van der Waals surface area contributed by atoms with Crippen molar-refractivity contribution in [3.8, 4) is 17.2 Å². The number of anilines is 3. The number of carbonyl (C=O) groups is 1. The molecule has 0 saturated carbocycles. The Labute approximate surface area is 244 Å². The zero-order chi connectivity index (χ0) is 31.0. The summed E-state index contributed by atoms with van der Waals surface area (Å²) in [5.41, 5.74) is -0.635. The van der Waals surface area contributed by atoms with Gasteiger partial charge in [-0.3, -0.25) is 15.6 Å². The highest BCUT2D eigenvalue weighted by atomic mass is 32.1. The summed E-state index contributed by atoms with van der Waals surface area (Å²) in [5.74, 6) is -0.101. The lowest BCUT2D eigenvalue weighted by Crippen LogP contribution is -2.44. The number of benzene rings is 3. The fourth-order valence-electron chi connectivity index (χ4n) is 4.54. The number of nitriles is 1. The number of halogens is 3. The average molecular weight is 596 g/mol. The maximum absolute atomic E-state index is 13.7. The van der Waals surface area contributed by atoms with Crippen LogP contribution < -0.4 is 15.1 Å². The van der Waals surface area contributed by atoms with Crippen molar-refractivity contribution in [3.05, 3.63) is 77.9 Å². The Kier molecular flexibility index (Phi) is 7.93. The Hall–Kier alpha value is -4.63. The monoisotopic (exact) mass is 595 g/mol. The molecule has 218 valence electrons. The number of nitrogens with one attached hydrogen (secondary N) is 2. The fourth-order valence-corrected chi connectivity index (χ4v) is 5.21. The van der Waals surface area contributed by atoms with Gasteiger partial charge in [-0.2, -0.15) is 18.4 Å². The number of amides is 1. The van der Waals surface area contributed by atoms with Gasteiger partial charge in [0, 0.05) is 11.4 Å². The molecular formula is C30H28F3N5O3S. The normalized spacial score (nSPS) is 14.9. The molecule has 0 atom stereocenters. The molecule has 2 N–H and O–H groups in total. The number of hydrogen-bond acceptors (Lipinski definition) is 5. The lowest BCUT2D eigenvalue weighted by atomic mass is 10.0. The molecule has 0 aromatic heterocycles. The van der Waals surface area contributed by atoms with Crippen molar-refractivity contribution in [3.63, 3.8) is 0 Å². The fraction of sp³-hybridized carbons (Fsp3) is 0.267. The third kappa shape index (κ3) is 6.01. The molecular weight excluding hydrogens is 567 g/mol. The first-order chi connectivity index (χ1) is 19.6. The molecule has 42 heavy (non-hydrogen) atoms. The molecule has 1 aliphatic heterocycles. The smallest absolute Gasteiger partial charge is 0.417 e. The van der Waals surface area contributed by atoms with E-state index in [9.17, 15) is 22.2 Å². The molecule has 3 aromatic carbocycles. The molecule has 0 spiro atoms. The van der Waals surface area contributed by atoms with Gasteiger partial charge >= 0.3 is 12.3 Å². The topological polar surface area (TPSA) is 110 Å². The van der Waals surface area contributed by atoms with Crippen molar-refractivity contribution in [1.29, 1.82) is 10.7 Å². The quantitative estimate of drug-likeness (QED) is 0.315. The van der Waals surface area contributed by atoms with Crippen molar-refractivity contribution in [2.45, 2.75) is 51.9 Å². The van der Waals surface area contributed by atoms with Crippen LogP contribution in [0.2, 0.25) is 0 Å². The maximum atomic E-state index is 13.7. The van der Waals surface area contributed by atoms with Crippen LogP contribution in [-0.4, -0.2) is 32.4 Å². The van der Waals surface area contributed by atoms with E-state index in [0.717, 1.165) is 23.3 Å². The van der Waals surface area contributed by atoms with E-state index in [1.807, 2.05) is 24.3 Å². The van der Waals surface area contributed by atoms with E-state index in [1.54, 1.807) is 69.9 Å². The van der Waals surface area contributed by atoms with Crippen LogP contribution in [0.1, 0.15) is 45.7 Å². The predicted octanol–water partition coefficient (Wildman–Crippen LogP) is 6.97. The minimum atomic E-state index is -4.79. The number of hydrogen-bond donors (Lipinski definition) is 2. The molecule has 3 aromatic rings. The van der Waals surface area contributed by atoms with Gasteiger partial charge < -0.3 is 9.64 Å². The van der Waals surface area contributed by atoms with E-state index in [2.05, 4.69) is 5.32 Å². The zero-order valence-electron chi connectivity index (χ0n) is 23.5. The molecule has 0 radical (unpaired) electrons. The summed E-state index contributed by atoms with van der Waals surface area (Å²) < 4.78 is 58.6. The first-order valence-electron chi connectivity index (χ1n) is 12.7. The van der Waals surface area contributed by atoms with E-state index in [0.29, 0.717) is 11.4 Å². The average Bonchev–Trinajstić information content (AvgIpc) is 3.11. The third-order valence-corrected chi connectivity index (χ3v) is 7.01. The van der Waals surface area contributed by atoms with Crippen LogP contribution in [0, 0.1) is 16.7 Å². The largest absolute Gasteiger partial charge is 0.444 e. The van der Waals surface area contributed by atoms with Gasteiger partial charge in [-0.1, -0.05) is 24.3 Å². The van der Waals surface area contributed by atoms with Gasteiger partial charge in [0.05, 0.1) is 28.4 Å². The van der Waals surface area contributed by atoms with E-state index in [1.165, 1.54) is 11.0 Å². The van der Waals surface area contributed by atoms with Crippen molar-refractivity contribution < 1.29 is 26.9 Å². The Balaban J connectivity index is 1.62. The molecule has 1 saturated heterocycles. The van der Waals surface area contributed by atoms with Crippen molar-refractivity contribution in [1.82, 2.24) is 0 Å². The highest BCUT2D eigenvalue weighted by molar-refractivity contribution is 7.67. The Morgan fingerprint density at radius 3 is 2.02 bits per heavy atom. The SMILES string of the molecule is CC(C)(C)OC(=O)Nc1ccc(-c2ccc(N3C(=S=O)N(c4ccc(C#N)c(C(F)(F)F)c4)C(=N)C3(C)C)cc2)cc1. The molecule has 0 unspecified atom stereocenters. The third-order valence-electron chi connectivity index (χ3n) is 6.50. The summed E-state index contributed by atoms with van der Waals surface area (Å²) in [5, 5.41) is 20.6.